The lowest BCUT2D eigenvalue weighted by molar-refractivity contribution is -0.142. The van der Waals surface area contributed by atoms with Gasteiger partial charge in [0.1, 0.15) is 23.3 Å². The van der Waals surface area contributed by atoms with E-state index < -0.39 is 23.4 Å². The van der Waals surface area contributed by atoms with Crippen molar-refractivity contribution in [2.45, 2.75) is 38.3 Å². The van der Waals surface area contributed by atoms with Crippen molar-refractivity contribution >= 4 is 17.6 Å². The number of nitrogens with one attached hydrogen (secondary N) is 2. The Morgan fingerprint density at radius 3 is 2.54 bits per heavy atom. The van der Waals surface area contributed by atoms with Crippen LogP contribution in [0.3, 0.4) is 0 Å². The number of esters is 1. The first-order chi connectivity index (χ1) is 17.8. The number of benzene rings is 1. The molecule has 0 aliphatic carbocycles. The fourth-order valence-electron chi connectivity index (χ4n) is 3.95. The monoisotopic (exact) mass is 510 g/mol. The smallest absolute Gasteiger partial charge is 0.420 e. The molecular formula is C26H25F3N6O2. The zero-order chi connectivity index (χ0) is 26.3. The van der Waals surface area contributed by atoms with Gasteiger partial charge in [-0.3, -0.25) is 4.79 Å². The average molecular weight is 511 g/mol. The molecule has 0 radical (unpaired) electrons. The number of aromatic nitrogens is 4. The Bertz CT molecular complexity index is 1300. The van der Waals surface area contributed by atoms with Gasteiger partial charge in [-0.05, 0) is 68.3 Å². The predicted octanol–water partition coefficient (Wildman–Crippen LogP) is 4.00. The third-order valence-electron chi connectivity index (χ3n) is 5.80. The molecule has 3 aromatic rings. The standard InChI is InChI=1S/C26H25F3N6O2/c1-2-37-24(36)13-19-14-31-16-33-22(19)7-8-23-21(26(27,28)29)15-32-25(35-23)34-20-5-3-17(4-6-20)18-9-11-30-12-10-18/h3-6,14-16,18,30H,2,9-13H2,1H3,(H,32,34,35). The van der Waals surface area contributed by atoms with E-state index in [2.05, 4.69) is 42.4 Å². The summed E-state index contributed by atoms with van der Waals surface area (Å²) in [6, 6.07) is 7.71. The summed E-state index contributed by atoms with van der Waals surface area (Å²) in [5.74, 6) is 4.98. The Hall–Kier alpha value is -4.04. The van der Waals surface area contributed by atoms with Gasteiger partial charge in [0.25, 0.3) is 0 Å². The van der Waals surface area contributed by atoms with Crippen LogP contribution in [0.25, 0.3) is 0 Å². The van der Waals surface area contributed by atoms with E-state index in [1.54, 1.807) is 6.92 Å². The quantitative estimate of drug-likeness (QED) is 0.379. The molecule has 1 aliphatic heterocycles. The van der Waals surface area contributed by atoms with Crippen molar-refractivity contribution in [3.05, 3.63) is 71.1 Å². The van der Waals surface area contributed by atoms with Crippen LogP contribution in [-0.4, -0.2) is 45.6 Å². The van der Waals surface area contributed by atoms with Crippen LogP contribution in [0.2, 0.25) is 0 Å². The van der Waals surface area contributed by atoms with Gasteiger partial charge < -0.3 is 15.4 Å². The molecule has 0 atom stereocenters. The maximum Gasteiger partial charge on any atom is 0.420 e. The van der Waals surface area contributed by atoms with Crippen molar-refractivity contribution < 1.29 is 22.7 Å². The Labute approximate surface area is 212 Å². The van der Waals surface area contributed by atoms with Gasteiger partial charge in [0.05, 0.1) is 13.0 Å². The van der Waals surface area contributed by atoms with E-state index in [4.69, 9.17) is 4.74 Å². The van der Waals surface area contributed by atoms with Gasteiger partial charge in [-0.15, -0.1) is 0 Å². The largest absolute Gasteiger partial charge is 0.466 e. The molecule has 0 saturated carbocycles. The number of rotatable bonds is 6. The van der Waals surface area contributed by atoms with Crippen molar-refractivity contribution in [1.29, 1.82) is 0 Å². The molecule has 2 N–H and O–H groups in total. The highest BCUT2D eigenvalue weighted by atomic mass is 19.4. The highest BCUT2D eigenvalue weighted by Gasteiger charge is 2.34. The Balaban J connectivity index is 1.58. The summed E-state index contributed by atoms with van der Waals surface area (Å²) >= 11 is 0. The molecule has 0 bridgehead atoms. The lowest BCUT2D eigenvalue weighted by Crippen LogP contribution is -2.26. The molecule has 11 heteroatoms. The molecule has 37 heavy (non-hydrogen) atoms. The van der Waals surface area contributed by atoms with Gasteiger partial charge in [-0.25, -0.2) is 19.9 Å². The lowest BCUT2D eigenvalue weighted by Gasteiger charge is -2.23. The summed E-state index contributed by atoms with van der Waals surface area (Å²) in [6.07, 6.45) is 0.521. The summed E-state index contributed by atoms with van der Waals surface area (Å²) in [4.78, 5) is 27.6. The van der Waals surface area contributed by atoms with Crippen LogP contribution in [0.1, 0.15) is 53.8 Å². The van der Waals surface area contributed by atoms with E-state index in [0.717, 1.165) is 25.9 Å². The first-order valence-corrected chi connectivity index (χ1v) is 11.8. The molecule has 192 valence electrons. The number of nitrogens with zero attached hydrogens (tertiary/aromatic N) is 4. The van der Waals surface area contributed by atoms with Crippen molar-refractivity contribution in [2.75, 3.05) is 25.0 Å². The van der Waals surface area contributed by atoms with Crippen LogP contribution in [0, 0.1) is 11.8 Å². The number of alkyl halides is 3. The number of hydrogen-bond acceptors (Lipinski definition) is 8. The van der Waals surface area contributed by atoms with Crippen molar-refractivity contribution in [1.82, 2.24) is 25.3 Å². The lowest BCUT2D eigenvalue weighted by atomic mass is 9.90. The van der Waals surface area contributed by atoms with Crippen LogP contribution in [0.15, 0.2) is 43.0 Å². The van der Waals surface area contributed by atoms with Crippen LogP contribution < -0.4 is 10.6 Å². The normalized spacial score (nSPS) is 13.9. The summed E-state index contributed by atoms with van der Waals surface area (Å²) in [6.45, 7) is 3.82. The number of carbonyl (C=O) groups is 1. The van der Waals surface area contributed by atoms with E-state index in [1.165, 1.54) is 18.1 Å². The molecule has 1 aliphatic rings. The first-order valence-electron chi connectivity index (χ1n) is 11.8. The maximum absolute atomic E-state index is 13.6. The van der Waals surface area contributed by atoms with Gasteiger partial charge in [-0.1, -0.05) is 12.1 Å². The summed E-state index contributed by atoms with van der Waals surface area (Å²) in [7, 11) is 0. The van der Waals surface area contributed by atoms with Crippen LogP contribution in [0.4, 0.5) is 24.8 Å². The van der Waals surface area contributed by atoms with Crippen molar-refractivity contribution in [2.24, 2.45) is 0 Å². The zero-order valence-electron chi connectivity index (χ0n) is 20.1. The highest BCUT2D eigenvalue weighted by molar-refractivity contribution is 5.73. The summed E-state index contributed by atoms with van der Waals surface area (Å²) < 4.78 is 45.8. The van der Waals surface area contributed by atoms with Gasteiger partial charge in [0, 0.05) is 23.6 Å². The molecule has 1 fully saturated rings. The topological polar surface area (TPSA) is 102 Å². The summed E-state index contributed by atoms with van der Waals surface area (Å²) in [5, 5.41) is 6.28. The average Bonchev–Trinajstić information content (AvgIpc) is 2.89. The Morgan fingerprint density at radius 2 is 1.84 bits per heavy atom. The van der Waals surface area contributed by atoms with E-state index in [1.807, 2.05) is 24.3 Å². The molecule has 2 aromatic heterocycles. The number of anilines is 2. The van der Waals surface area contributed by atoms with E-state index in [0.29, 0.717) is 23.4 Å². The molecule has 4 rings (SSSR count). The minimum Gasteiger partial charge on any atom is -0.466 e. The van der Waals surface area contributed by atoms with Crippen molar-refractivity contribution in [3.63, 3.8) is 0 Å². The Morgan fingerprint density at radius 1 is 1.11 bits per heavy atom. The molecular weight excluding hydrogens is 485 g/mol. The maximum atomic E-state index is 13.6. The van der Waals surface area contributed by atoms with Crippen LogP contribution in [-0.2, 0) is 22.1 Å². The SMILES string of the molecule is CCOC(=O)Cc1cncnc1C#Cc1nc(Nc2ccc(C3CCNCC3)cc2)ncc1C(F)(F)F. The first kappa shape index (κ1) is 26.0. The van der Waals surface area contributed by atoms with E-state index >= 15 is 0 Å². The Kier molecular flexibility index (Phi) is 8.30. The zero-order valence-corrected chi connectivity index (χ0v) is 20.1. The number of halogens is 3. The van der Waals surface area contributed by atoms with Crippen molar-refractivity contribution in [3.8, 4) is 11.8 Å². The molecule has 0 spiro atoms. The second-order valence-electron chi connectivity index (χ2n) is 8.35. The third kappa shape index (κ3) is 7.01. The molecule has 1 saturated heterocycles. The molecule has 0 unspecified atom stereocenters. The molecule has 8 nitrogen and oxygen atoms in total. The minimum atomic E-state index is -4.71. The van der Waals surface area contributed by atoms with Crippen LogP contribution >= 0.6 is 0 Å². The van der Waals surface area contributed by atoms with Gasteiger partial charge in [0.15, 0.2) is 0 Å². The predicted molar refractivity (Wildman–Crippen MR) is 130 cm³/mol. The molecule has 3 heterocycles. The van der Waals surface area contributed by atoms with Gasteiger partial charge in [-0.2, -0.15) is 13.2 Å². The highest BCUT2D eigenvalue weighted by Crippen LogP contribution is 2.31. The molecule has 1 aromatic carbocycles. The minimum absolute atomic E-state index is 0.0265. The number of hydrogen-bond donors (Lipinski definition) is 2. The van der Waals surface area contributed by atoms with Gasteiger partial charge >= 0.3 is 12.1 Å². The second kappa shape index (κ2) is 11.8. The number of ether oxygens (including phenoxy) is 1. The fourth-order valence-corrected chi connectivity index (χ4v) is 3.95. The second-order valence-corrected chi connectivity index (χ2v) is 8.35. The summed E-state index contributed by atoms with van der Waals surface area (Å²) in [5.41, 5.74) is 0.713. The van der Waals surface area contributed by atoms with Gasteiger partial charge in [0.2, 0.25) is 5.95 Å². The number of piperidine rings is 1. The fraction of sp³-hybridized carbons (Fsp3) is 0.346. The van der Waals surface area contributed by atoms with E-state index in [9.17, 15) is 18.0 Å². The van der Waals surface area contributed by atoms with E-state index in [-0.39, 0.29) is 24.7 Å². The number of carbonyl (C=O) groups excluding carboxylic acids is 1. The molecule has 0 amide bonds. The third-order valence-corrected chi connectivity index (χ3v) is 5.80. The van der Waals surface area contributed by atoms with Crippen LogP contribution in [0.5, 0.6) is 0 Å².